The highest BCUT2D eigenvalue weighted by Crippen LogP contribution is 2.30. The van der Waals surface area contributed by atoms with Crippen molar-refractivity contribution in [2.45, 2.75) is 51.1 Å². The van der Waals surface area contributed by atoms with E-state index in [2.05, 4.69) is 10.6 Å². The van der Waals surface area contributed by atoms with Crippen molar-refractivity contribution >= 4 is 17.5 Å². The second kappa shape index (κ2) is 13.6. The predicted molar refractivity (Wildman–Crippen MR) is 150 cm³/mol. The van der Waals surface area contributed by atoms with Crippen molar-refractivity contribution in [3.05, 3.63) is 95.1 Å². The van der Waals surface area contributed by atoms with Crippen molar-refractivity contribution in [2.75, 3.05) is 24.6 Å². The average Bonchev–Trinajstić information content (AvgIpc) is 3.38. The van der Waals surface area contributed by atoms with E-state index in [0.717, 1.165) is 24.1 Å². The Hall–Kier alpha value is -3.89. The third-order valence-electron chi connectivity index (χ3n) is 6.87. The van der Waals surface area contributed by atoms with Gasteiger partial charge < -0.3 is 25.4 Å². The van der Waals surface area contributed by atoms with Gasteiger partial charge in [0.15, 0.2) is 0 Å². The zero-order chi connectivity index (χ0) is 29.4. The summed E-state index contributed by atoms with van der Waals surface area (Å²) in [5.41, 5.74) is 1.43. The van der Waals surface area contributed by atoms with Gasteiger partial charge in [0.1, 0.15) is 5.75 Å². The molecule has 10 heteroatoms. The number of alkyl halides is 3. The van der Waals surface area contributed by atoms with E-state index < -0.39 is 29.8 Å². The minimum Gasteiger partial charge on any atom is -0.494 e. The first-order valence-corrected chi connectivity index (χ1v) is 13.6. The molecule has 2 atom stereocenters. The van der Waals surface area contributed by atoms with Crippen LogP contribution in [-0.4, -0.2) is 48.8 Å². The smallest absolute Gasteiger partial charge is 0.416 e. The number of carbonyl (C=O) groups is 2. The van der Waals surface area contributed by atoms with Gasteiger partial charge in [-0.2, -0.15) is 13.2 Å². The molecule has 7 nitrogen and oxygen atoms in total. The maximum atomic E-state index is 13.5. The number of nitrogens with one attached hydrogen (secondary N) is 2. The van der Waals surface area contributed by atoms with Gasteiger partial charge in [0.2, 0.25) is 5.91 Å². The molecule has 1 fully saturated rings. The highest BCUT2D eigenvalue weighted by molar-refractivity contribution is 5.99. The Morgan fingerprint density at radius 1 is 1.05 bits per heavy atom. The van der Waals surface area contributed by atoms with Crippen LogP contribution >= 0.6 is 0 Å². The summed E-state index contributed by atoms with van der Waals surface area (Å²) >= 11 is 0. The number of amides is 2. The molecule has 0 radical (unpaired) electrons. The number of hydrogen-bond acceptors (Lipinski definition) is 5. The molecular weight excluding hydrogens is 535 g/mol. The first-order valence-electron chi connectivity index (χ1n) is 13.6. The van der Waals surface area contributed by atoms with Gasteiger partial charge in [0.25, 0.3) is 5.91 Å². The SMILES string of the molecule is CCOc1cc(C(=O)N[C@@H](Cc2ccccc2)[C@H](O)CNCc2cccc(C(F)(F)F)c2)cc(N2CCCC2=O)c1. The number of ether oxygens (including phenoxy) is 1. The Labute approximate surface area is 237 Å². The van der Waals surface area contributed by atoms with Gasteiger partial charge in [0.05, 0.1) is 24.3 Å². The molecule has 3 aromatic rings. The van der Waals surface area contributed by atoms with E-state index in [-0.39, 0.29) is 24.6 Å². The molecule has 0 bridgehead atoms. The number of anilines is 1. The standard InChI is InChI=1S/C31H34F3N3O4/c1-2-41-26-17-23(16-25(18-26)37-13-7-12-29(37)39)30(40)36-27(15-21-8-4-3-5-9-21)28(38)20-35-19-22-10-6-11-24(14-22)31(32,33)34/h3-6,8-11,14,16-18,27-28,35,38H,2,7,12-13,15,19-20H2,1H3,(H,36,40)/t27-,28+/m0/s1. The lowest BCUT2D eigenvalue weighted by Crippen LogP contribution is -2.48. The summed E-state index contributed by atoms with van der Waals surface area (Å²) in [6.07, 6.45) is -4.00. The first-order chi connectivity index (χ1) is 19.6. The Kier molecular flexibility index (Phi) is 10.0. The highest BCUT2D eigenvalue weighted by Gasteiger charge is 2.30. The van der Waals surface area contributed by atoms with Gasteiger partial charge >= 0.3 is 6.18 Å². The number of benzene rings is 3. The summed E-state index contributed by atoms with van der Waals surface area (Å²) in [6.45, 7) is 2.90. The van der Waals surface area contributed by atoms with E-state index in [0.29, 0.717) is 43.0 Å². The largest absolute Gasteiger partial charge is 0.494 e. The van der Waals surface area contributed by atoms with E-state index in [4.69, 9.17) is 4.74 Å². The zero-order valence-corrected chi connectivity index (χ0v) is 22.8. The van der Waals surface area contributed by atoms with Gasteiger partial charge in [-0.25, -0.2) is 0 Å². The molecule has 0 spiro atoms. The van der Waals surface area contributed by atoms with Crippen LogP contribution in [0.1, 0.15) is 46.8 Å². The molecule has 1 aliphatic heterocycles. The van der Waals surface area contributed by atoms with Gasteiger partial charge in [-0.05, 0) is 49.1 Å². The molecule has 0 aliphatic carbocycles. The van der Waals surface area contributed by atoms with Gasteiger partial charge in [-0.3, -0.25) is 9.59 Å². The lowest BCUT2D eigenvalue weighted by Gasteiger charge is -2.25. The molecule has 0 saturated carbocycles. The van der Waals surface area contributed by atoms with Crippen LogP contribution in [0.5, 0.6) is 5.75 Å². The van der Waals surface area contributed by atoms with Crippen LogP contribution in [0.25, 0.3) is 0 Å². The highest BCUT2D eigenvalue weighted by atomic mass is 19.4. The van der Waals surface area contributed by atoms with Gasteiger partial charge in [0, 0.05) is 43.4 Å². The summed E-state index contributed by atoms with van der Waals surface area (Å²) in [5.74, 6) is -0.00991. The predicted octanol–water partition coefficient (Wildman–Crippen LogP) is 4.72. The molecule has 41 heavy (non-hydrogen) atoms. The molecule has 1 aliphatic rings. The van der Waals surface area contributed by atoms with Crippen molar-refractivity contribution in [3.8, 4) is 5.75 Å². The average molecular weight is 570 g/mol. The van der Waals surface area contributed by atoms with Crippen LogP contribution in [0, 0.1) is 0 Å². The summed E-state index contributed by atoms with van der Waals surface area (Å²) in [5, 5.41) is 17.0. The van der Waals surface area contributed by atoms with Crippen molar-refractivity contribution in [1.82, 2.24) is 10.6 Å². The van der Waals surface area contributed by atoms with Crippen LogP contribution in [0.15, 0.2) is 72.8 Å². The van der Waals surface area contributed by atoms with Crippen LogP contribution < -0.4 is 20.3 Å². The summed E-state index contributed by atoms with van der Waals surface area (Å²) in [4.78, 5) is 27.5. The molecule has 0 aromatic heterocycles. The Balaban J connectivity index is 1.49. The summed E-state index contributed by atoms with van der Waals surface area (Å²) in [6, 6.07) is 18.6. The molecule has 3 N–H and O–H groups in total. The fourth-order valence-electron chi connectivity index (χ4n) is 4.81. The third kappa shape index (κ3) is 8.31. The number of carbonyl (C=O) groups excluding carboxylic acids is 2. The van der Waals surface area contributed by atoms with E-state index >= 15 is 0 Å². The molecule has 0 unspecified atom stereocenters. The van der Waals surface area contributed by atoms with Crippen molar-refractivity contribution in [1.29, 1.82) is 0 Å². The number of nitrogens with zero attached hydrogens (tertiary/aromatic N) is 1. The quantitative estimate of drug-likeness (QED) is 0.294. The number of aliphatic hydroxyl groups is 1. The Bertz CT molecular complexity index is 1330. The number of halogens is 3. The number of hydrogen-bond donors (Lipinski definition) is 3. The van der Waals surface area contributed by atoms with E-state index in [1.54, 1.807) is 29.2 Å². The van der Waals surface area contributed by atoms with Crippen LogP contribution in [0.3, 0.4) is 0 Å². The number of aliphatic hydroxyl groups excluding tert-OH is 1. The van der Waals surface area contributed by atoms with E-state index in [9.17, 15) is 27.9 Å². The zero-order valence-electron chi connectivity index (χ0n) is 22.8. The maximum Gasteiger partial charge on any atom is 0.416 e. The lowest BCUT2D eigenvalue weighted by molar-refractivity contribution is -0.137. The monoisotopic (exact) mass is 569 g/mol. The minimum atomic E-state index is -4.44. The van der Waals surface area contributed by atoms with Gasteiger partial charge in [-0.15, -0.1) is 0 Å². The Morgan fingerprint density at radius 2 is 1.80 bits per heavy atom. The van der Waals surface area contributed by atoms with Crippen molar-refractivity contribution in [2.24, 2.45) is 0 Å². The normalized spacial score (nSPS) is 15.0. The fourth-order valence-corrected chi connectivity index (χ4v) is 4.81. The van der Waals surface area contributed by atoms with Crippen LogP contribution in [0.4, 0.5) is 18.9 Å². The van der Waals surface area contributed by atoms with Crippen molar-refractivity contribution in [3.63, 3.8) is 0 Å². The molecule has 4 rings (SSSR count). The summed E-state index contributed by atoms with van der Waals surface area (Å²) in [7, 11) is 0. The van der Waals surface area contributed by atoms with E-state index in [1.807, 2.05) is 37.3 Å². The topological polar surface area (TPSA) is 90.9 Å². The molecule has 3 aromatic carbocycles. The third-order valence-corrected chi connectivity index (χ3v) is 6.87. The second-order valence-electron chi connectivity index (χ2n) is 9.96. The van der Waals surface area contributed by atoms with Crippen molar-refractivity contribution < 1.29 is 32.6 Å². The molecule has 218 valence electrons. The molecule has 1 saturated heterocycles. The second-order valence-corrected chi connectivity index (χ2v) is 9.96. The first kappa shape index (κ1) is 30.1. The summed E-state index contributed by atoms with van der Waals surface area (Å²) < 4.78 is 44.9. The van der Waals surface area contributed by atoms with Crippen LogP contribution in [-0.2, 0) is 23.9 Å². The Morgan fingerprint density at radius 3 is 2.49 bits per heavy atom. The molecule has 2 amide bonds. The molecule has 1 heterocycles. The molecular formula is C31H34F3N3O4. The fraction of sp³-hybridized carbons (Fsp3) is 0.355. The maximum absolute atomic E-state index is 13.5. The number of rotatable bonds is 12. The van der Waals surface area contributed by atoms with Gasteiger partial charge in [-0.1, -0.05) is 48.5 Å². The lowest BCUT2D eigenvalue weighted by atomic mass is 10.00. The minimum absolute atomic E-state index is 0.0192. The van der Waals surface area contributed by atoms with E-state index in [1.165, 1.54) is 6.07 Å². The van der Waals surface area contributed by atoms with Crippen LogP contribution in [0.2, 0.25) is 0 Å².